The summed E-state index contributed by atoms with van der Waals surface area (Å²) in [6.45, 7) is 6.65. The number of hydrogen-bond donors (Lipinski definition) is 1. The fraction of sp³-hybridized carbons (Fsp3) is 0.560. The van der Waals surface area contributed by atoms with Gasteiger partial charge in [-0.2, -0.15) is 0 Å². The summed E-state index contributed by atoms with van der Waals surface area (Å²) in [5, 5.41) is 3.12. The van der Waals surface area contributed by atoms with Crippen LogP contribution >= 0.6 is 0 Å². The maximum Gasteiger partial charge on any atom is 0.229 e. The van der Waals surface area contributed by atoms with Crippen LogP contribution in [0.15, 0.2) is 30.3 Å². The average molecular weight is 441 g/mol. The zero-order valence-electron chi connectivity index (χ0n) is 19.3. The molecule has 0 bridgehead atoms. The number of carbonyl (C=O) groups is 1. The molecular weight excluding hydrogens is 407 g/mol. The normalized spacial score (nSPS) is 23.1. The second-order valence-corrected chi connectivity index (χ2v) is 9.52. The summed E-state index contributed by atoms with van der Waals surface area (Å²) in [4.78, 5) is 25.2. The van der Waals surface area contributed by atoms with E-state index in [0.29, 0.717) is 39.0 Å². The Kier molecular flexibility index (Phi) is 6.47. The van der Waals surface area contributed by atoms with Crippen LogP contribution in [0.25, 0.3) is 0 Å². The highest BCUT2D eigenvalue weighted by atomic mass is 19.1. The third-order valence-electron chi connectivity index (χ3n) is 7.06. The molecule has 1 aromatic carbocycles. The third kappa shape index (κ3) is 4.63. The van der Waals surface area contributed by atoms with Crippen LogP contribution in [0, 0.1) is 18.2 Å². The fourth-order valence-corrected chi connectivity index (χ4v) is 5.18. The number of ether oxygens (including phenoxy) is 1. The monoisotopic (exact) mass is 440 g/mol. The lowest BCUT2D eigenvalue weighted by Crippen LogP contribution is -2.54. The van der Waals surface area contributed by atoms with Crippen molar-refractivity contribution >= 4 is 11.7 Å². The maximum absolute atomic E-state index is 14.0. The molecule has 2 saturated heterocycles. The Labute approximate surface area is 189 Å². The first-order valence-electron chi connectivity index (χ1n) is 11.5. The Bertz CT molecular complexity index is 959. The van der Waals surface area contributed by atoms with Crippen LogP contribution in [0.5, 0.6) is 0 Å². The van der Waals surface area contributed by atoms with Crippen molar-refractivity contribution in [3.8, 4) is 0 Å². The summed E-state index contributed by atoms with van der Waals surface area (Å²) in [5.74, 6) is 1.47. The van der Waals surface area contributed by atoms with Crippen LogP contribution in [0.4, 0.5) is 10.2 Å². The fourth-order valence-electron chi connectivity index (χ4n) is 5.18. The highest BCUT2D eigenvalue weighted by molar-refractivity contribution is 5.83. The van der Waals surface area contributed by atoms with Crippen LogP contribution in [0.3, 0.4) is 0 Å². The Morgan fingerprint density at radius 1 is 1.19 bits per heavy atom. The summed E-state index contributed by atoms with van der Waals surface area (Å²) in [5.41, 5.74) is 1.24. The number of piperidine rings is 1. The molecule has 7 heteroatoms. The van der Waals surface area contributed by atoms with E-state index in [-0.39, 0.29) is 17.1 Å². The van der Waals surface area contributed by atoms with Gasteiger partial charge >= 0.3 is 0 Å². The van der Waals surface area contributed by atoms with E-state index in [1.54, 1.807) is 12.1 Å². The Balaban J connectivity index is 1.60. The number of aryl methyl sites for hydroxylation is 1. The Morgan fingerprint density at radius 3 is 2.59 bits per heavy atom. The number of benzene rings is 1. The van der Waals surface area contributed by atoms with Gasteiger partial charge in [0.2, 0.25) is 5.91 Å². The molecule has 4 rings (SSSR count). The summed E-state index contributed by atoms with van der Waals surface area (Å²) >= 11 is 0. The number of nitrogens with zero attached hydrogens (tertiary/aromatic N) is 3. The quantitative estimate of drug-likeness (QED) is 0.764. The van der Waals surface area contributed by atoms with E-state index >= 15 is 0 Å². The Morgan fingerprint density at radius 2 is 1.91 bits per heavy atom. The van der Waals surface area contributed by atoms with Gasteiger partial charge in [-0.3, -0.25) is 4.79 Å². The minimum atomic E-state index is -0.508. The molecule has 6 nitrogen and oxygen atoms in total. The van der Waals surface area contributed by atoms with Gasteiger partial charge in [0.1, 0.15) is 17.5 Å². The molecule has 1 atom stereocenters. The molecule has 0 saturated carbocycles. The zero-order valence-corrected chi connectivity index (χ0v) is 19.3. The van der Waals surface area contributed by atoms with Gasteiger partial charge in [0.15, 0.2) is 0 Å². The van der Waals surface area contributed by atoms with Crippen LogP contribution in [-0.4, -0.2) is 54.1 Å². The van der Waals surface area contributed by atoms with Gasteiger partial charge in [0, 0.05) is 44.8 Å². The van der Waals surface area contributed by atoms with E-state index in [9.17, 15) is 9.18 Å². The van der Waals surface area contributed by atoms with Crippen molar-refractivity contribution in [1.29, 1.82) is 0 Å². The zero-order chi connectivity index (χ0) is 22.8. The number of hydrogen-bond acceptors (Lipinski definition) is 5. The molecule has 172 valence electrons. The highest BCUT2D eigenvalue weighted by Crippen LogP contribution is 2.40. The topological polar surface area (TPSA) is 67.4 Å². The lowest BCUT2D eigenvalue weighted by atomic mass is 9.72. The molecule has 0 radical (unpaired) electrons. The first kappa shape index (κ1) is 22.6. The number of rotatable bonds is 5. The van der Waals surface area contributed by atoms with E-state index in [2.05, 4.69) is 17.2 Å². The predicted octanol–water partition coefficient (Wildman–Crippen LogP) is 3.89. The van der Waals surface area contributed by atoms with E-state index in [4.69, 9.17) is 9.72 Å². The molecule has 2 fully saturated rings. The van der Waals surface area contributed by atoms with Gasteiger partial charge < -0.3 is 15.0 Å². The van der Waals surface area contributed by atoms with E-state index in [0.717, 1.165) is 42.3 Å². The van der Waals surface area contributed by atoms with Gasteiger partial charge in [-0.05, 0) is 56.7 Å². The number of carbonyl (C=O) groups excluding carboxylic acids is 1. The molecule has 3 heterocycles. The van der Waals surface area contributed by atoms with Gasteiger partial charge in [-0.25, -0.2) is 14.4 Å². The summed E-state index contributed by atoms with van der Waals surface area (Å²) in [6.07, 6.45) is 3.90. The SMILES string of the molecule is CNc1cc([C@]2(C)CCCN(C(=O)C3(Cc4ccc(F)cc4)CCOCC3)C2)nc(C)n1. The first-order chi connectivity index (χ1) is 15.3. The first-order valence-corrected chi connectivity index (χ1v) is 11.5. The number of halogens is 1. The molecule has 0 unspecified atom stereocenters. The van der Waals surface area contributed by atoms with Crippen molar-refractivity contribution < 1.29 is 13.9 Å². The number of amides is 1. The van der Waals surface area contributed by atoms with Crippen LogP contribution in [-0.2, 0) is 21.4 Å². The van der Waals surface area contributed by atoms with E-state index < -0.39 is 5.41 Å². The largest absolute Gasteiger partial charge is 0.381 e. The summed E-state index contributed by atoms with van der Waals surface area (Å²) in [6, 6.07) is 8.54. The van der Waals surface area contributed by atoms with Gasteiger partial charge in [0.25, 0.3) is 0 Å². The molecular formula is C25H33FN4O2. The lowest BCUT2D eigenvalue weighted by molar-refractivity contribution is -0.150. The van der Waals surface area contributed by atoms with E-state index in [1.807, 2.05) is 24.9 Å². The molecule has 1 amide bonds. The van der Waals surface area contributed by atoms with Crippen molar-refractivity contribution in [2.45, 2.75) is 51.4 Å². The number of anilines is 1. The van der Waals surface area contributed by atoms with Crippen LogP contribution < -0.4 is 5.32 Å². The second-order valence-electron chi connectivity index (χ2n) is 9.52. The summed E-state index contributed by atoms with van der Waals surface area (Å²) < 4.78 is 19.0. The molecule has 0 spiro atoms. The van der Waals surface area contributed by atoms with Crippen LogP contribution in [0.2, 0.25) is 0 Å². The molecule has 2 aromatic rings. The van der Waals surface area contributed by atoms with Crippen LogP contribution in [0.1, 0.15) is 49.7 Å². The van der Waals surface area contributed by atoms with Crippen molar-refractivity contribution in [2.75, 3.05) is 38.7 Å². The smallest absolute Gasteiger partial charge is 0.229 e. The minimum Gasteiger partial charge on any atom is -0.381 e. The molecule has 0 aliphatic carbocycles. The third-order valence-corrected chi connectivity index (χ3v) is 7.06. The molecule has 32 heavy (non-hydrogen) atoms. The highest BCUT2D eigenvalue weighted by Gasteiger charge is 2.45. The second kappa shape index (κ2) is 9.14. The van der Waals surface area contributed by atoms with Gasteiger partial charge in [-0.15, -0.1) is 0 Å². The van der Waals surface area contributed by atoms with E-state index in [1.165, 1.54) is 12.1 Å². The van der Waals surface area contributed by atoms with Crippen molar-refractivity contribution in [3.05, 3.63) is 53.2 Å². The molecule has 2 aliphatic heterocycles. The maximum atomic E-state index is 14.0. The Hall–Kier alpha value is -2.54. The predicted molar refractivity (Wildman–Crippen MR) is 122 cm³/mol. The van der Waals surface area contributed by atoms with Crippen molar-refractivity contribution in [3.63, 3.8) is 0 Å². The number of likely N-dealkylation sites (tertiary alicyclic amines) is 1. The molecule has 2 aliphatic rings. The number of nitrogens with one attached hydrogen (secondary N) is 1. The number of aromatic nitrogens is 2. The van der Waals surface area contributed by atoms with Crippen molar-refractivity contribution in [2.24, 2.45) is 5.41 Å². The minimum absolute atomic E-state index is 0.190. The average Bonchev–Trinajstić information content (AvgIpc) is 2.80. The molecule has 1 N–H and O–H groups in total. The standard InChI is InChI=1S/C25H33FN4O2/c1-18-28-21(15-22(27-3)29-18)24(2)9-4-12-30(17-24)23(31)25(10-13-32-14-11-25)16-19-5-7-20(26)8-6-19/h5-8,15H,4,9-14,16-17H2,1-3H3,(H,27,28,29)/t24-/m1/s1. The van der Waals surface area contributed by atoms with Gasteiger partial charge in [0.05, 0.1) is 11.1 Å². The molecule has 1 aromatic heterocycles. The van der Waals surface area contributed by atoms with Gasteiger partial charge in [-0.1, -0.05) is 19.1 Å². The summed E-state index contributed by atoms with van der Waals surface area (Å²) in [7, 11) is 1.86. The lowest BCUT2D eigenvalue weighted by Gasteiger charge is -2.45. The van der Waals surface area contributed by atoms with Crippen molar-refractivity contribution in [1.82, 2.24) is 14.9 Å².